The summed E-state index contributed by atoms with van der Waals surface area (Å²) in [5.74, 6) is 2.05. The minimum absolute atomic E-state index is 0.565. The molecule has 1 heterocycles. The summed E-state index contributed by atoms with van der Waals surface area (Å²) in [4.78, 5) is 0. The molecule has 1 aliphatic rings. The van der Waals surface area contributed by atoms with E-state index in [2.05, 4.69) is 38.4 Å². The van der Waals surface area contributed by atoms with Crippen LogP contribution in [0.15, 0.2) is 33.2 Å². The predicted octanol–water partition coefficient (Wildman–Crippen LogP) is 3.78. The molecule has 1 aliphatic carbocycles. The van der Waals surface area contributed by atoms with Crippen LogP contribution in [0.1, 0.15) is 32.1 Å². The van der Waals surface area contributed by atoms with Crippen LogP contribution < -0.4 is 5.32 Å². The van der Waals surface area contributed by atoms with E-state index in [4.69, 9.17) is 4.42 Å². The van der Waals surface area contributed by atoms with E-state index in [1.54, 1.807) is 0 Å². The van der Waals surface area contributed by atoms with Gasteiger partial charge in [-0.25, -0.2) is 0 Å². The first-order valence-corrected chi connectivity index (χ1v) is 7.88. The Kier molecular flexibility index (Phi) is 4.17. The summed E-state index contributed by atoms with van der Waals surface area (Å²) in [6, 6.07) is 8.49. The van der Waals surface area contributed by atoms with E-state index < -0.39 is 0 Å². The smallest absolute Gasteiger partial charge is 0.248 e. The second kappa shape index (κ2) is 6.06. The zero-order valence-corrected chi connectivity index (χ0v) is 13.1. The summed E-state index contributed by atoms with van der Waals surface area (Å²) in [7, 11) is 0. The molecule has 0 aliphatic heterocycles. The van der Waals surface area contributed by atoms with Crippen molar-refractivity contribution in [2.45, 2.75) is 38.8 Å². The Balaban J connectivity index is 1.59. The van der Waals surface area contributed by atoms with Crippen molar-refractivity contribution in [1.29, 1.82) is 0 Å². The van der Waals surface area contributed by atoms with Crippen LogP contribution in [0.3, 0.4) is 0 Å². The Morgan fingerprint density at radius 2 is 2.20 bits per heavy atom. The topological polar surface area (TPSA) is 51.0 Å². The maximum Gasteiger partial charge on any atom is 0.248 e. The van der Waals surface area contributed by atoms with Gasteiger partial charge in [-0.2, -0.15) is 0 Å². The number of nitrogens with zero attached hydrogens (tertiary/aromatic N) is 2. The summed E-state index contributed by atoms with van der Waals surface area (Å²) in [5, 5.41) is 11.7. The van der Waals surface area contributed by atoms with Gasteiger partial charge in [-0.3, -0.25) is 0 Å². The van der Waals surface area contributed by atoms with Crippen molar-refractivity contribution >= 4 is 15.9 Å². The SMILES string of the molecule is CCCC1CC1NCc1nnc(-c2ccccc2Br)o1. The fourth-order valence-electron chi connectivity index (χ4n) is 2.47. The van der Waals surface area contributed by atoms with Gasteiger partial charge in [0.1, 0.15) is 0 Å². The van der Waals surface area contributed by atoms with Gasteiger partial charge in [-0.1, -0.05) is 25.5 Å². The summed E-state index contributed by atoms with van der Waals surface area (Å²) < 4.78 is 6.68. The number of nitrogens with one attached hydrogen (secondary N) is 1. The standard InChI is InChI=1S/C15H18BrN3O/c1-2-5-10-8-13(10)17-9-14-18-19-15(20-14)11-6-3-4-7-12(11)16/h3-4,6-7,10,13,17H,2,5,8-9H2,1H3. The number of rotatable bonds is 6. The Labute approximate surface area is 127 Å². The highest BCUT2D eigenvalue weighted by molar-refractivity contribution is 9.10. The number of halogens is 1. The quantitative estimate of drug-likeness (QED) is 0.872. The van der Waals surface area contributed by atoms with Gasteiger partial charge in [0.25, 0.3) is 0 Å². The zero-order chi connectivity index (χ0) is 13.9. The van der Waals surface area contributed by atoms with E-state index in [9.17, 15) is 0 Å². The van der Waals surface area contributed by atoms with Crippen molar-refractivity contribution in [3.63, 3.8) is 0 Å². The molecule has 3 rings (SSSR count). The Morgan fingerprint density at radius 1 is 1.35 bits per heavy atom. The average molecular weight is 336 g/mol. The first kappa shape index (κ1) is 13.8. The van der Waals surface area contributed by atoms with E-state index in [1.807, 2.05) is 24.3 Å². The van der Waals surface area contributed by atoms with Gasteiger partial charge in [-0.05, 0) is 46.8 Å². The number of aromatic nitrogens is 2. The fourth-order valence-corrected chi connectivity index (χ4v) is 2.93. The maximum absolute atomic E-state index is 5.71. The molecule has 2 unspecified atom stereocenters. The average Bonchev–Trinajstić information content (AvgIpc) is 3.02. The van der Waals surface area contributed by atoms with Crippen molar-refractivity contribution in [2.24, 2.45) is 5.92 Å². The van der Waals surface area contributed by atoms with Crippen molar-refractivity contribution in [3.05, 3.63) is 34.6 Å². The number of hydrogen-bond donors (Lipinski definition) is 1. The lowest BCUT2D eigenvalue weighted by Gasteiger charge is -2.00. The van der Waals surface area contributed by atoms with Crippen LogP contribution in [0.5, 0.6) is 0 Å². The third-order valence-corrected chi connectivity index (χ3v) is 4.36. The molecule has 0 amide bonds. The van der Waals surface area contributed by atoms with E-state index in [-0.39, 0.29) is 0 Å². The lowest BCUT2D eigenvalue weighted by Crippen LogP contribution is -2.17. The molecule has 106 valence electrons. The Morgan fingerprint density at radius 3 is 3.00 bits per heavy atom. The minimum Gasteiger partial charge on any atom is -0.419 e. The van der Waals surface area contributed by atoms with Gasteiger partial charge in [0.2, 0.25) is 11.8 Å². The fraction of sp³-hybridized carbons (Fsp3) is 0.467. The highest BCUT2D eigenvalue weighted by Gasteiger charge is 2.35. The first-order chi connectivity index (χ1) is 9.78. The van der Waals surface area contributed by atoms with E-state index in [0.717, 1.165) is 16.0 Å². The van der Waals surface area contributed by atoms with Gasteiger partial charge in [0.05, 0.1) is 12.1 Å². The third-order valence-electron chi connectivity index (χ3n) is 3.67. The van der Waals surface area contributed by atoms with E-state index in [0.29, 0.717) is 24.4 Å². The highest BCUT2D eigenvalue weighted by Crippen LogP contribution is 2.34. The first-order valence-electron chi connectivity index (χ1n) is 7.08. The van der Waals surface area contributed by atoms with Crippen molar-refractivity contribution in [2.75, 3.05) is 0 Å². The number of benzene rings is 1. The normalized spacial score (nSPS) is 21.1. The monoisotopic (exact) mass is 335 g/mol. The molecule has 2 aromatic rings. The molecule has 1 saturated carbocycles. The largest absolute Gasteiger partial charge is 0.419 e. The molecule has 0 bridgehead atoms. The molecule has 2 atom stereocenters. The second-order valence-corrected chi connectivity index (χ2v) is 6.11. The molecule has 1 N–H and O–H groups in total. The molecule has 4 nitrogen and oxygen atoms in total. The zero-order valence-electron chi connectivity index (χ0n) is 11.5. The highest BCUT2D eigenvalue weighted by atomic mass is 79.9. The second-order valence-electron chi connectivity index (χ2n) is 5.25. The van der Waals surface area contributed by atoms with Crippen LogP contribution in [0.25, 0.3) is 11.5 Å². The molecule has 1 fully saturated rings. The molecule has 0 spiro atoms. The summed E-state index contributed by atoms with van der Waals surface area (Å²) in [6.07, 6.45) is 3.85. The van der Waals surface area contributed by atoms with E-state index >= 15 is 0 Å². The number of hydrogen-bond acceptors (Lipinski definition) is 4. The Hall–Kier alpha value is -1.20. The molecule has 5 heteroatoms. The molecule has 1 aromatic carbocycles. The van der Waals surface area contributed by atoms with Crippen LogP contribution >= 0.6 is 15.9 Å². The van der Waals surface area contributed by atoms with E-state index in [1.165, 1.54) is 19.3 Å². The van der Waals surface area contributed by atoms with Crippen LogP contribution in [0.2, 0.25) is 0 Å². The summed E-state index contributed by atoms with van der Waals surface area (Å²) in [6.45, 7) is 2.89. The summed E-state index contributed by atoms with van der Waals surface area (Å²) >= 11 is 3.50. The Bertz CT molecular complexity index is 584. The van der Waals surface area contributed by atoms with Crippen molar-refractivity contribution < 1.29 is 4.42 Å². The summed E-state index contributed by atoms with van der Waals surface area (Å²) in [5.41, 5.74) is 0.932. The van der Waals surface area contributed by atoms with Crippen LogP contribution in [0, 0.1) is 5.92 Å². The molecule has 0 radical (unpaired) electrons. The predicted molar refractivity (Wildman–Crippen MR) is 81.1 cm³/mol. The van der Waals surface area contributed by atoms with Crippen molar-refractivity contribution in [3.8, 4) is 11.5 Å². The third kappa shape index (κ3) is 3.10. The molecular weight excluding hydrogens is 318 g/mol. The molecule has 0 saturated heterocycles. The van der Waals surface area contributed by atoms with Gasteiger partial charge in [0.15, 0.2) is 0 Å². The lowest BCUT2D eigenvalue weighted by molar-refractivity contribution is 0.468. The molecule has 20 heavy (non-hydrogen) atoms. The molecular formula is C15H18BrN3O. The maximum atomic E-state index is 5.71. The van der Waals surface area contributed by atoms with Gasteiger partial charge < -0.3 is 9.73 Å². The van der Waals surface area contributed by atoms with Gasteiger partial charge in [-0.15, -0.1) is 10.2 Å². The van der Waals surface area contributed by atoms with Crippen LogP contribution in [-0.4, -0.2) is 16.2 Å². The minimum atomic E-state index is 0.565. The van der Waals surface area contributed by atoms with Crippen LogP contribution in [0.4, 0.5) is 0 Å². The van der Waals surface area contributed by atoms with Crippen molar-refractivity contribution in [1.82, 2.24) is 15.5 Å². The molecule has 1 aromatic heterocycles. The van der Waals surface area contributed by atoms with Gasteiger partial charge >= 0.3 is 0 Å². The van der Waals surface area contributed by atoms with Gasteiger partial charge in [0, 0.05) is 10.5 Å². The van der Waals surface area contributed by atoms with Crippen LogP contribution in [-0.2, 0) is 6.54 Å². The lowest BCUT2D eigenvalue weighted by atomic mass is 10.2.